The van der Waals surface area contributed by atoms with Crippen LogP contribution in [0, 0.1) is 17.1 Å². The topological polar surface area (TPSA) is 47.3 Å². The summed E-state index contributed by atoms with van der Waals surface area (Å²) in [7, 11) is 1.33. The van der Waals surface area contributed by atoms with Gasteiger partial charge in [0.25, 0.3) is 0 Å². The van der Waals surface area contributed by atoms with E-state index in [1.165, 1.54) is 19.2 Å². The van der Waals surface area contributed by atoms with E-state index in [1.807, 2.05) is 6.07 Å². The maximum Gasteiger partial charge on any atom is 0.415 e. The third-order valence-electron chi connectivity index (χ3n) is 2.48. The number of benzene rings is 1. The minimum Gasteiger partial charge on any atom is -0.382 e. The van der Waals surface area contributed by atoms with Crippen LogP contribution >= 0.6 is 0 Å². The quantitative estimate of drug-likeness (QED) is 0.856. The summed E-state index contributed by atoms with van der Waals surface area (Å²) in [6.07, 6.45) is -7.19. The lowest BCUT2D eigenvalue weighted by molar-refractivity contribution is -0.207. The van der Waals surface area contributed by atoms with Gasteiger partial charge in [0.05, 0.1) is 11.6 Å². The van der Waals surface area contributed by atoms with Gasteiger partial charge in [-0.15, -0.1) is 0 Å². The van der Waals surface area contributed by atoms with Gasteiger partial charge >= 0.3 is 6.18 Å². The van der Waals surface area contributed by atoms with Crippen LogP contribution in [0.15, 0.2) is 18.2 Å². The molecule has 1 atom stereocenters. The Labute approximate surface area is 107 Å². The van der Waals surface area contributed by atoms with Crippen molar-refractivity contribution in [3.8, 4) is 6.07 Å². The average molecular weight is 276 g/mol. The van der Waals surface area contributed by atoms with Gasteiger partial charge < -0.3 is 5.11 Å². The second-order valence-corrected chi connectivity index (χ2v) is 4.17. The molecule has 0 aliphatic carbocycles. The van der Waals surface area contributed by atoms with Gasteiger partial charge in [0.15, 0.2) is 6.10 Å². The molecule has 19 heavy (non-hydrogen) atoms. The molecule has 0 bridgehead atoms. The fraction of sp³-hybridized carbons (Fsp3) is 0.417. The smallest absolute Gasteiger partial charge is 0.382 e. The molecule has 1 rings (SSSR count). The first kappa shape index (κ1) is 15.4. The van der Waals surface area contributed by atoms with E-state index < -0.39 is 24.6 Å². The fourth-order valence-corrected chi connectivity index (χ4v) is 1.52. The van der Waals surface area contributed by atoms with Gasteiger partial charge in [-0.3, -0.25) is 4.90 Å². The minimum atomic E-state index is -4.71. The van der Waals surface area contributed by atoms with Gasteiger partial charge in [0.2, 0.25) is 0 Å². The Morgan fingerprint density at radius 1 is 1.42 bits per heavy atom. The van der Waals surface area contributed by atoms with Gasteiger partial charge in [-0.05, 0) is 25.2 Å². The van der Waals surface area contributed by atoms with Crippen molar-refractivity contribution in [2.75, 3.05) is 13.6 Å². The molecular weight excluding hydrogens is 264 g/mol. The number of hydrogen-bond donors (Lipinski definition) is 1. The van der Waals surface area contributed by atoms with Crippen molar-refractivity contribution in [1.82, 2.24) is 4.90 Å². The number of aliphatic hydroxyl groups is 1. The van der Waals surface area contributed by atoms with Crippen molar-refractivity contribution in [3.05, 3.63) is 35.1 Å². The summed E-state index contributed by atoms with van der Waals surface area (Å²) < 4.78 is 49.9. The number of hydrogen-bond acceptors (Lipinski definition) is 3. The molecule has 3 nitrogen and oxygen atoms in total. The lowest BCUT2D eigenvalue weighted by Crippen LogP contribution is -2.39. The van der Waals surface area contributed by atoms with E-state index in [0.717, 1.165) is 11.0 Å². The van der Waals surface area contributed by atoms with Crippen LogP contribution in [0.1, 0.15) is 11.1 Å². The first-order valence-corrected chi connectivity index (χ1v) is 5.36. The number of halogens is 4. The van der Waals surface area contributed by atoms with Crippen LogP contribution in [-0.4, -0.2) is 35.9 Å². The molecule has 0 radical (unpaired) electrons. The van der Waals surface area contributed by atoms with E-state index in [1.54, 1.807) is 0 Å². The molecule has 0 aliphatic rings. The van der Waals surface area contributed by atoms with Gasteiger partial charge in [-0.25, -0.2) is 4.39 Å². The van der Waals surface area contributed by atoms with Gasteiger partial charge in [-0.2, -0.15) is 18.4 Å². The summed E-state index contributed by atoms with van der Waals surface area (Å²) in [5.74, 6) is -0.604. The zero-order chi connectivity index (χ0) is 14.6. The monoisotopic (exact) mass is 276 g/mol. The second-order valence-electron chi connectivity index (χ2n) is 4.17. The van der Waals surface area contributed by atoms with Gasteiger partial charge in [0.1, 0.15) is 5.82 Å². The van der Waals surface area contributed by atoms with E-state index in [2.05, 4.69) is 0 Å². The Morgan fingerprint density at radius 3 is 2.58 bits per heavy atom. The van der Waals surface area contributed by atoms with Crippen LogP contribution in [0.4, 0.5) is 17.6 Å². The Balaban J connectivity index is 2.72. The predicted molar refractivity (Wildman–Crippen MR) is 59.5 cm³/mol. The largest absolute Gasteiger partial charge is 0.415 e. The third kappa shape index (κ3) is 4.50. The number of likely N-dealkylation sites (N-methyl/N-ethyl adjacent to an activating group) is 1. The van der Waals surface area contributed by atoms with E-state index in [-0.39, 0.29) is 17.7 Å². The Bertz CT molecular complexity index is 482. The third-order valence-corrected chi connectivity index (χ3v) is 2.48. The number of aliphatic hydroxyl groups excluding tert-OH is 1. The van der Waals surface area contributed by atoms with Crippen molar-refractivity contribution in [2.45, 2.75) is 18.8 Å². The molecule has 0 saturated carbocycles. The van der Waals surface area contributed by atoms with E-state index in [0.29, 0.717) is 0 Å². The molecule has 0 heterocycles. The highest BCUT2D eigenvalue weighted by molar-refractivity contribution is 5.33. The molecule has 104 valence electrons. The lowest BCUT2D eigenvalue weighted by atomic mass is 10.1. The summed E-state index contributed by atoms with van der Waals surface area (Å²) in [4.78, 5) is 1.14. The predicted octanol–water partition coefficient (Wildman–Crippen LogP) is 2.05. The van der Waals surface area contributed by atoms with Crippen LogP contribution in [0.3, 0.4) is 0 Å². The van der Waals surface area contributed by atoms with Gasteiger partial charge in [-0.1, -0.05) is 0 Å². The fourth-order valence-electron chi connectivity index (χ4n) is 1.52. The molecule has 0 amide bonds. The normalized spacial score (nSPS) is 13.4. The lowest BCUT2D eigenvalue weighted by Gasteiger charge is -2.22. The second kappa shape index (κ2) is 5.99. The van der Waals surface area contributed by atoms with Crippen molar-refractivity contribution >= 4 is 0 Å². The van der Waals surface area contributed by atoms with E-state index in [9.17, 15) is 17.6 Å². The molecule has 1 unspecified atom stereocenters. The molecule has 1 aromatic carbocycles. The Kier molecular flexibility index (Phi) is 4.86. The number of nitriles is 1. The molecule has 7 heteroatoms. The Hall–Kier alpha value is -1.65. The maximum absolute atomic E-state index is 13.4. The highest BCUT2D eigenvalue weighted by Crippen LogP contribution is 2.21. The molecule has 0 saturated heterocycles. The van der Waals surface area contributed by atoms with E-state index in [4.69, 9.17) is 10.4 Å². The number of alkyl halides is 3. The number of rotatable bonds is 4. The zero-order valence-corrected chi connectivity index (χ0v) is 10.1. The maximum atomic E-state index is 13.4. The zero-order valence-electron chi connectivity index (χ0n) is 10.1. The van der Waals surface area contributed by atoms with Crippen molar-refractivity contribution < 1.29 is 22.7 Å². The summed E-state index contributed by atoms with van der Waals surface area (Å²) in [6, 6.07) is 5.45. The van der Waals surface area contributed by atoms with Crippen molar-refractivity contribution in [2.24, 2.45) is 0 Å². The van der Waals surface area contributed by atoms with Crippen LogP contribution in [0.2, 0.25) is 0 Å². The summed E-state index contributed by atoms with van der Waals surface area (Å²) in [5, 5.41) is 17.6. The minimum absolute atomic E-state index is 0.107. The first-order valence-electron chi connectivity index (χ1n) is 5.36. The first-order chi connectivity index (χ1) is 8.74. The van der Waals surface area contributed by atoms with Crippen molar-refractivity contribution in [1.29, 1.82) is 5.26 Å². The molecular formula is C12H12F4N2O. The molecule has 0 aliphatic heterocycles. The molecule has 1 N–H and O–H groups in total. The molecule has 0 fully saturated rings. The summed E-state index contributed by atoms with van der Waals surface area (Å²) >= 11 is 0. The van der Waals surface area contributed by atoms with Crippen LogP contribution < -0.4 is 0 Å². The number of nitrogens with zero attached hydrogens (tertiary/aromatic N) is 2. The highest BCUT2D eigenvalue weighted by atomic mass is 19.4. The van der Waals surface area contributed by atoms with Crippen molar-refractivity contribution in [3.63, 3.8) is 0 Å². The molecule has 0 aromatic heterocycles. The van der Waals surface area contributed by atoms with Crippen LogP contribution in [-0.2, 0) is 6.54 Å². The Morgan fingerprint density at radius 2 is 2.05 bits per heavy atom. The summed E-state index contributed by atoms with van der Waals surface area (Å²) in [6.45, 7) is -0.797. The summed E-state index contributed by atoms with van der Waals surface area (Å²) in [5.41, 5.74) is 0.331. The van der Waals surface area contributed by atoms with Crippen LogP contribution in [0.5, 0.6) is 0 Å². The average Bonchev–Trinajstić information content (AvgIpc) is 2.30. The standard InChI is InChI=1S/C12H12F4N2O/c1-18(7-11(19)12(14,15)16)6-9-4-8(5-17)2-3-10(9)13/h2-4,11,19H,6-7H2,1H3. The molecule has 0 spiro atoms. The molecule has 1 aromatic rings. The van der Waals surface area contributed by atoms with Gasteiger partial charge in [0, 0.05) is 18.7 Å². The van der Waals surface area contributed by atoms with Crippen LogP contribution in [0.25, 0.3) is 0 Å². The SMILES string of the molecule is CN(Cc1cc(C#N)ccc1F)CC(O)C(F)(F)F. The highest BCUT2D eigenvalue weighted by Gasteiger charge is 2.38. The van der Waals surface area contributed by atoms with E-state index >= 15 is 0 Å².